The number of hydrogen-bond donors (Lipinski definition) is 1. The Morgan fingerprint density at radius 2 is 1.65 bits per heavy atom. The van der Waals surface area contributed by atoms with E-state index in [9.17, 15) is 0 Å². The zero-order valence-electron chi connectivity index (χ0n) is 12.7. The van der Waals surface area contributed by atoms with Crippen molar-refractivity contribution in [2.45, 2.75) is 79.2 Å². The van der Waals surface area contributed by atoms with Gasteiger partial charge in [0.2, 0.25) is 0 Å². The molecule has 0 aliphatic heterocycles. The molecule has 1 heteroatoms. The predicted molar refractivity (Wildman–Crippen MR) is 77.3 cm³/mol. The Kier molecular flexibility index (Phi) is 5.99. The third-order valence-corrected chi connectivity index (χ3v) is 4.35. The summed E-state index contributed by atoms with van der Waals surface area (Å²) in [6.45, 7) is 13.0. The first-order valence-corrected chi connectivity index (χ1v) is 7.75. The van der Waals surface area contributed by atoms with Gasteiger partial charge >= 0.3 is 0 Å². The maximum Gasteiger partial charge on any atom is 0.0147 e. The van der Waals surface area contributed by atoms with Gasteiger partial charge in [0, 0.05) is 6.04 Å². The summed E-state index contributed by atoms with van der Waals surface area (Å²) in [4.78, 5) is 0. The zero-order chi connectivity index (χ0) is 12.9. The van der Waals surface area contributed by atoms with Crippen molar-refractivity contribution in [3.8, 4) is 0 Å². The molecule has 17 heavy (non-hydrogen) atoms. The molecule has 1 atom stereocenters. The Balaban J connectivity index is 2.76. The summed E-state index contributed by atoms with van der Waals surface area (Å²) in [5, 5.41) is 3.86. The van der Waals surface area contributed by atoms with Crippen LogP contribution in [-0.2, 0) is 0 Å². The molecular formula is C16H33N. The minimum Gasteiger partial charge on any atom is -0.313 e. The van der Waals surface area contributed by atoms with E-state index in [1.54, 1.807) is 0 Å². The van der Waals surface area contributed by atoms with Crippen molar-refractivity contribution in [2.24, 2.45) is 17.3 Å². The molecule has 0 aromatic rings. The second kappa shape index (κ2) is 6.78. The molecule has 1 aliphatic carbocycles. The SMILES string of the molecule is CCCNC(C(C)C)C1(CC(C)C)CCCC1. The van der Waals surface area contributed by atoms with Gasteiger partial charge in [-0.2, -0.15) is 0 Å². The third-order valence-electron chi connectivity index (χ3n) is 4.35. The minimum atomic E-state index is 0.595. The summed E-state index contributed by atoms with van der Waals surface area (Å²) in [5.41, 5.74) is 0.595. The Labute approximate surface area is 109 Å². The van der Waals surface area contributed by atoms with E-state index in [1.165, 1.54) is 45.1 Å². The predicted octanol–water partition coefficient (Wildman–Crippen LogP) is 4.62. The molecule has 1 aliphatic rings. The van der Waals surface area contributed by atoms with Crippen LogP contribution in [0.25, 0.3) is 0 Å². The number of hydrogen-bond acceptors (Lipinski definition) is 1. The molecule has 1 rings (SSSR count). The maximum atomic E-state index is 3.86. The van der Waals surface area contributed by atoms with Crippen LogP contribution in [0.1, 0.15) is 73.1 Å². The molecule has 1 unspecified atom stereocenters. The molecule has 1 nitrogen and oxygen atoms in total. The van der Waals surface area contributed by atoms with E-state index in [-0.39, 0.29) is 0 Å². The average molecular weight is 239 g/mol. The lowest BCUT2D eigenvalue weighted by molar-refractivity contribution is 0.121. The molecule has 0 amide bonds. The van der Waals surface area contributed by atoms with Crippen LogP contribution in [0.3, 0.4) is 0 Å². The van der Waals surface area contributed by atoms with Crippen LogP contribution in [-0.4, -0.2) is 12.6 Å². The molecule has 1 saturated carbocycles. The lowest BCUT2D eigenvalue weighted by atomic mass is 9.69. The van der Waals surface area contributed by atoms with E-state index < -0.39 is 0 Å². The van der Waals surface area contributed by atoms with E-state index in [0.717, 1.165) is 17.9 Å². The maximum absolute atomic E-state index is 3.86. The second-order valence-electron chi connectivity index (χ2n) is 6.84. The monoisotopic (exact) mass is 239 g/mol. The molecule has 102 valence electrons. The first kappa shape index (κ1) is 15.0. The van der Waals surface area contributed by atoms with Crippen LogP contribution in [0.4, 0.5) is 0 Å². The van der Waals surface area contributed by atoms with Gasteiger partial charge in [-0.05, 0) is 49.5 Å². The fourth-order valence-electron chi connectivity index (χ4n) is 3.99. The van der Waals surface area contributed by atoms with Gasteiger partial charge in [0.15, 0.2) is 0 Å². The second-order valence-corrected chi connectivity index (χ2v) is 6.84. The van der Waals surface area contributed by atoms with Crippen molar-refractivity contribution >= 4 is 0 Å². The fourth-order valence-corrected chi connectivity index (χ4v) is 3.99. The normalized spacial score (nSPS) is 21.4. The van der Waals surface area contributed by atoms with E-state index >= 15 is 0 Å². The van der Waals surface area contributed by atoms with Gasteiger partial charge in [0.1, 0.15) is 0 Å². The standard InChI is InChI=1S/C16H33N/c1-6-11-17-15(14(4)5)16(12-13(2)3)9-7-8-10-16/h13-15,17H,6-12H2,1-5H3. The van der Waals surface area contributed by atoms with Crippen LogP contribution in [0, 0.1) is 17.3 Å². The van der Waals surface area contributed by atoms with Crippen molar-refractivity contribution in [3.63, 3.8) is 0 Å². The van der Waals surface area contributed by atoms with Crippen LogP contribution >= 0.6 is 0 Å². The smallest absolute Gasteiger partial charge is 0.0147 e. The van der Waals surface area contributed by atoms with Crippen molar-refractivity contribution in [1.82, 2.24) is 5.32 Å². The van der Waals surface area contributed by atoms with Gasteiger partial charge in [-0.1, -0.05) is 47.5 Å². The summed E-state index contributed by atoms with van der Waals surface area (Å²) in [5.74, 6) is 1.59. The van der Waals surface area contributed by atoms with Crippen molar-refractivity contribution in [1.29, 1.82) is 0 Å². The molecule has 0 aromatic heterocycles. The van der Waals surface area contributed by atoms with E-state index in [1.807, 2.05) is 0 Å². The topological polar surface area (TPSA) is 12.0 Å². The zero-order valence-corrected chi connectivity index (χ0v) is 12.7. The Hall–Kier alpha value is -0.0400. The molecular weight excluding hydrogens is 206 g/mol. The summed E-state index contributed by atoms with van der Waals surface area (Å²) in [6.07, 6.45) is 8.45. The van der Waals surface area contributed by atoms with Gasteiger partial charge in [-0.15, -0.1) is 0 Å². The highest BCUT2D eigenvalue weighted by molar-refractivity contribution is 4.96. The average Bonchev–Trinajstić information content (AvgIpc) is 2.66. The summed E-state index contributed by atoms with van der Waals surface area (Å²) in [7, 11) is 0. The molecule has 1 N–H and O–H groups in total. The van der Waals surface area contributed by atoms with Crippen LogP contribution < -0.4 is 5.32 Å². The summed E-state index contributed by atoms with van der Waals surface area (Å²) < 4.78 is 0. The van der Waals surface area contributed by atoms with E-state index in [4.69, 9.17) is 0 Å². The lowest BCUT2D eigenvalue weighted by Crippen LogP contribution is -2.48. The highest BCUT2D eigenvalue weighted by Crippen LogP contribution is 2.47. The molecule has 0 spiro atoms. The van der Waals surface area contributed by atoms with Crippen LogP contribution in [0.2, 0.25) is 0 Å². The van der Waals surface area contributed by atoms with Crippen molar-refractivity contribution in [3.05, 3.63) is 0 Å². The molecule has 0 heterocycles. The molecule has 1 fully saturated rings. The lowest BCUT2D eigenvalue weighted by Gasteiger charge is -2.42. The van der Waals surface area contributed by atoms with Crippen LogP contribution in [0.5, 0.6) is 0 Å². The van der Waals surface area contributed by atoms with E-state index in [2.05, 4.69) is 39.9 Å². The highest BCUT2D eigenvalue weighted by atomic mass is 14.9. The molecule has 0 aromatic carbocycles. The Morgan fingerprint density at radius 3 is 2.06 bits per heavy atom. The third kappa shape index (κ3) is 3.98. The van der Waals surface area contributed by atoms with Crippen molar-refractivity contribution < 1.29 is 0 Å². The van der Waals surface area contributed by atoms with Gasteiger partial charge in [-0.3, -0.25) is 0 Å². The number of nitrogens with one attached hydrogen (secondary N) is 1. The minimum absolute atomic E-state index is 0.595. The summed E-state index contributed by atoms with van der Waals surface area (Å²) >= 11 is 0. The van der Waals surface area contributed by atoms with Gasteiger partial charge in [-0.25, -0.2) is 0 Å². The Morgan fingerprint density at radius 1 is 1.06 bits per heavy atom. The molecule has 0 radical (unpaired) electrons. The van der Waals surface area contributed by atoms with Gasteiger partial charge in [0.05, 0.1) is 0 Å². The fraction of sp³-hybridized carbons (Fsp3) is 1.00. The van der Waals surface area contributed by atoms with Crippen LogP contribution in [0.15, 0.2) is 0 Å². The highest BCUT2D eigenvalue weighted by Gasteiger charge is 2.42. The first-order valence-electron chi connectivity index (χ1n) is 7.75. The first-order chi connectivity index (χ1) is 8.02. The molecule has 0 saturated heterocycles. The quantitative estimate of drug-likeness (QED) is 0.683. The van der Waals surface area contributed by atoms with E-state index in [0.29, 0.717) is 5.41 Å². The number of rotatable bonds is 7. The van der Waals surface area contributed by atoms with Gasteiger partial charge in [0.25, 0.3) is 0 Å². The Bertz CT molecular complexity index is 202. The largest absolute Gasteiger partial charge is 0.313 e. The molecule has 0 bridgehead atoms. The van der Waals surface area contributed by atoms with Gasteiger partial charge < -0.3 is 5.32 Å². The summed E-state index contributed by atoms with van der Waals surface area (Å²) in [6, 6.07) is 0.729. The van der Waals surface area contributed by atoms with Crippen molar-refractivity contribution in [2.75, 3.05) is 6.54 Å².